The van der Waals surface area contributed by atoms with Crippen molar-refractivity contribution >= 4 is 62.4 Å². The smallest absolute Gasteiger partial charge is 0.363 e. The standard InChI is InChI=1S/C23H21BrINO6/c1-4-29-19-11-14(9-16(24)21(19)31-12-20(27)30-5-2)10-18-23(28)32-22(26-18)15-6-7-17(25)13(3)8-15/h6-11H,4-5,12H2,1-3H3/b18-10-. The number of hydrogen-bond donors (Lipinski definition) is 0. The molecule has 0 aliphatic carbocycles. The highest BCUT2D eigenvalue weighted by Crippen LogP contribution is 2.38. The van der Waals surface area contributed by atoms with Crippen LogP contribution in [0.5, 0.6) is 11.5 Å². The van der Waals surface area contributed by atoms with Crippen molar-refractivity contribution in [1.29, 1.82) is 0 Å². The van der Waals surface area contributed by atoms with E-state index in [0.717, 1.165) is 14.7 Å². The normalized spacial score (nSPS) is 14.2. The maximum atomic E-state index is 12.4. The minimum atomic E-state index is -0.534. The van der Waals surface area contributed by atoms with Crippen LogP contribution in [0.1, 0.15) is 30.5 Å². The number of rotatable bonds is 8. The van der Waals surface area contributed by atoms with E-state index >= 15 is 0 Å². The molecule has 0 radical (unpaired) electrons. The van der Waals surface area contributed by atoms with Crippen LogP contribution in [-0.4, -0.2) is 37.7 Å². The number of cyclic esters (lactones) is 1. The van der Waals surface area contributed by atoms with Crippen LogP contribution in [0.25, 0.3) is 6.08 Å². The van der Waals surface area contributed by atoms with Gasteiger partial charge >= 0.3 is 11.9 Å². The second-order valence-electron chi connectivity index (χ2n) is 6.66. The van der Waals surface area contributed by atoms with Crippen molar-refractivity contribution in [3.05, 3.63) is 60.8 Å². The Kier molecular flexibility index (Phi) is 8.30. The number of hydrogen-bond acceptors (Lipinski definition) is 7. The van der Waals surface area contributed by atoms with Crippen LogP contribution in [0.2, 0.25) is 0 Å². The van der Waals surface area contributed by atoms with Crippen molar-refractivity contribution in [2.24, 2.45) is 4.99 Å². The molecule has 2 aromatic rings. The number of aliphatic imine (C=N–C) groups is 1. The molecule has 2 aromatic carbocycles. The molecule has 0 spiro atoms. The fourth-order valence-corrected chi connectivity index (χ4v) is 3.79. The van der Waals surface area contributed by atoms with E-state index in [1.54, 1.807) is 25.1 Å². The van der Waals surface area contributed by atoms with Crippen LogP contribution in [0.4, 0.5) is 0 Å². The van der Waals surface area contributed by atoms with E-state index in [2.05, 4.69) is 43.5 Å². The molecule has 3 rings (SSSR count). The number of esters is 2. The summed E-state index contributed by atoms with van der Waals surface area (Å²) in [6.07, 6.45) is 1.61. The summed E-state index contributed by atoms with van der Waals surface area (Å²) in [5.41, 5.74) is 2.63. The van der Waals surface area contributed by atoms with Crippen LogP contribution in [0, 0.1) is 10.5 Å². The van der Waals surface area contributed by atoms with E-state index in [9.17, 15) is 9.59 Å². The van der Waals surface area contributed by atoms with E-state index in [-0.39, 0.29) is 24.8 Å². The van der Waals surface area contributed by atoms with Gasteiger partial charge in [0.05, 0.1) is 17.7 Å². The molecule has 0 atom stereocenters. The molecule has 7 nitrogen and oxygen atoms in total. The van der Waals surface area contributed by atoms with Gasteiger partial charge in [0.15, 0.2) is 23.8 Å². The number of ether oxygens (including phenoxy) is 4. The summed E-state index contributed by atoms with van der Waals surface area (Å²) in [7, 11) is 0. The van der Waals surface area contributed by atoms with E-state index in [1.165, 1.54) is 0 Å². The monoisotopic (exact) mass is 613 g/mol. The summed E-state index contributed by atoms with van der Waals surface area (Å²) < 4.78 is 23.2. The molecule has 0 saturated heterocycles. The highest BCUT2D eigenvalue weighted by molar-refractivity contribution is 14.1. The molecule has 0 fully saturated rings. The van der Waals surface area contributed by atoms with Gasteiger partial charge in [-0.2, -0.15) is 0 Å². The molecule has 1 aliphatic heterocycles. The van der Waals surface area contributed by atoms with E-state index < -0.39 is 11.9 Å². The van der Waals surface area contributed by atoms with Gasteiger partial charge in [-0.3, -0.25) is 0 Å². The molecule has 32 heavy (non-hydrogen) atoms. The van der Waals surface area contributed by atoms with Crippen molar-refractivity contribution in [3.63, 3.8) is 0 Å². The Hall–Kier alpha value is -2.40. The Labute approximate surface area is 208 Å². The molecule has 1 heterocycles. The third kappa shape index (κ3) is 5.89. The van der Waals surface area contributed by atoms with Gasteiger partial charge in [0, 0.05) is 9.13 Å². The fourth-order valence-electron chi connectivity index (χ4n) is 2.88. The first-order valence-corrected chi connectivity index (χ1v) is 11.7. The number of aryl methyl sites for hydroxylation is 1. The summed E-state index contributed by atoms with van der Waals surface area (Å²) >= 11 is 5.69. The van der Waals surface area contributed by atoms with E-state index in [1.807, 2.05) is 32.0 Å². The van der Waals surface area contributed by atoms with Crippen molar-refractivity contribution in [3.8, 4) is 11.5 Å². The van der Waals surface area contributed by atoms with Gasteiger partial charge in [0.25, 0.3) is 0 Å². The second-order valence-corrected chi connectivity index (χ2v) is 8.67. The molecule has 0 unspecified atom stereocenters. The molecular formula is C23H21BrINO6. The molecule has 0 amide bonds. The van der Waals surface area contributed by atoms with Gasteiger partial charge in [0.2, 0.25) is 5.90 Å². The third-order valence-electron chi connectivity index (χ3n) is 4.30. The molecule has 0 saturated carbocycles. The molecule has 0 bridgehead atoms. The van der Waals surface area contributed by atoms with Gasteiger partial charge in [-0.15, -0.1) is 0 Å². The number of benzene rings is 2. The molecular weight excluding hydrogens is 593 g/mol. The van der Waals surface area contributed by atoms with Crippen molar-refractivity contribution < 1.29 is 28.5 Å². The summed E-state index contributed by atoms with van der Waals surface area (Å²) in [5, 5.41) is 0. The minimum Gasteiger partial charge on any atom is -0.490 e. The van der Waals surface area contributed by atoms with E-state index in [0.29, 0.717) is 28.1 Å². The Morgan fingerprint density at radius 2 is 1.97 bits per heavy atom. The molecule has 9 heteroatoms. The lowest BCUT2D eigenvalue weighted by Crippen LogP contribution is -2.15. The van der Waals surface area contributed by atoms with Gasteiger partial charge in [-0.05, 0) is 107 Å². The van der Waals surface area contributed by atoms with Crippen molar-refractivity contribution in [2.45, 2.75) is 20.8 Å². The number of carbonyl (C=O) groups excluding carboxylic acids is 2. The first-order valence-electron chi connectivity index (χ1n) is 9.86. The van der Waals surface area contributed by atoms with Gasteiger partial charge in [0.1, 0.15) is 0 Å². The Balaban J connectivity index is 1.89. The molecule has 0 N–H and O–H groups in total. The van der Waals surface area contributed by atoms with E-state index in [4.69, 9.17) is 18.9 Å². The zero-order chi connectivity index (χ0) is 23.3. The zero-order valence-corrected chi connectivity index (χ0v) is 21.5. The summed E-state index contributed by atoms with van der Waals surface area (Å²) in [5.74, 6) is 0.0399. The van der Waals surface area contributed by atoms with Crippen LogP contribution in [-0.2, 0) is 19.1 Å². The van der Waals surface area contributed by atoms with Crippen molar-refractivity contribution in [1.82, 2.24) is 0 Å². The van der Waals surface area contributed by atoms with Crippen LogP contribution < -0.4 is 9.47 Å². The highest BCUT2D eigenvalue weighted by atomic mass is 127. The summed E-state index contributed by atoms with van der Waals surface area (Å²) in [6, 6.07) is 9.19. The maximum Gasteiger partial charge on any atom is 0.363 e. The SMILES string of the molecule is CCOC(=O)COc1c(Br)cc(/C=C2\N=C(c3ccc(I)c(C)c3)OC2=O)cc1OCC. The molecule has 1 aliphatic rings. The third-order valence-corrected chi connectivity index (χ3v) is 6.10. The number of carbonyl (C=O) groups is 2. The minimum absolute atomic E-state index is 0.172. The Bertz CT molecular complexity index is 1110. The van der Waals surface area contributed by atoms with Gasteiger partial charge < -0.3 is 18.9 Å². The highest BCUT2D eigenvalue weighted by Gasteiger charge is 2.25. The Morgan fingerprint density at radius 1 is 1.19 bits per heavy atom. The number of nitrogens with zero attached hydrogens (tertiary/aromatic N) is 1. The largest absolute Gasteiger partial charge is 0.490 e. The summed E-state index contributed by atoms with van der Waals surface area (Å²) in [4.78, 5) is 28.4. The molecule has 168 valence electrons. The lowest BCUT2D eigenvalue weighted by Gasteiger charge is -2.14. The average molecular weight is 614 g/mol. The van der Waals surface area contributed by atoms with Crippen LogP contribution >= 0.6 is 38.5 Å². The quantitative estimate of drug-likeness (QED) is 0.235. The molecule has 0 aromatic heterocycles. The lowest BCUT2D eigenvalue weighted by atomic mass is 10.1. The first-order chi connectivity index (χ1) is 15.3. The van der Waals surface area contributed by atoms with Crippen LogP contribution in [0.15, 0.2) is 45.5 Å². The lowest BCUT2D eigenvalue weighted by molar-refractivity contribution is -0.145. The Morgan fingerprint density at radius 3 is 2.66 bits per heavy atom. The summed E-state index contributed by atoms with van der Waals surface area (Å²) in [6.45, 7) is 5.96. The average Bonchev–Trinajstić information content (AvgIpc) is 3.10. The topological polar surface area (TPSA) is 83.4 Å². The zero-order valence-electron chi connectivity index (χ0n) is 17.7. The van der Waals surface area contributed by atoms with Gasteiger partial charge in [-0.1, -0.05) is 0 Å². The predicted octanol–water partition coefficient (Wildman–Crippen LogP) is 5.05. The van der Waals surface area contributed by atoms with Crippen molar-refractivity contribution in [2.75, 3.05) is 19.8 Å². The number of halogens is 2. The van der Waals surface area contributed by atoms with Crippen LogP contribution in [0.3, 0.4) is 0 Å². The first kappa shape index (κ1) is 24.2. The second kappa shape index (κ2) is 11.0. The maximum absolute atomic E-state index is 12.4. The predicted molar refractivity (Wildman–Crippen MR) is 132 cm³/mol. The van der Waals surface area contributed by atoms with Gasteiger partial charge in [-0.25, -0.2) is 14.6 Å². The fraction of sp³-hybridized carbons (Fsp3) is 0.261.